The topological polar surface area (TPSA) is 124 Å². The normalized spacial score (nSPS) is 15.4. The summed E-state index contributed by atoms with van der Waals surface area (Å²) in [5.41, 5.74) is 3.06. The molecule has 5 rings (SSSR count). The molecule has 9 nitrogen and oxygen atoms in total. The highest BCUT2D eigenvalue weighted by molar-refractivity contribution is 7.89. The maximum atomic E-state index is 12.9. The number of hydrogen-bond donors (Lipinski definition) is 1. The van der Waals surface area contributed by atoms with Crippen LogP contribution in [0.5, 0.6) is 0 Å². The van der Waals surface area contributed by atoms with Crippen molar-refractivity contribution in [3.63, 3.8) is 0 Å². The highest BCUT2D eigenvalue weighted by Crippen LogP contribution is 2.30. The number of aryl methyl sites for hydroxylation is 2. The number of carbonyl (C=O) groups excluding carboxylic acids is 1. The number of primary sulfonamides is 1. The van der Waals surface area contributed by atoms with Crippen LogP contribution in [0.15, 0.2) is 51.8 Å². The molecule has 0 unspecified atom stereocenters. The maximum Gasteiger partial charge on any atom is 0.238 e. The van der Waals surface area contributed by atoms with Gasteiger partial charge in [-0.05, 0) is 50.1 Å². The maximum absolute atomic E-state index is 12.9. The van der Waals surface area contributed by atoms with Crippen LogP contribution in [0.2, 0.25) is 0 Å². The molecule has 1 aliphatic heterocycles. The summed E-state index contributed by atoms with van der Waals surface area (Å²) in [6, 6.07) is 12.4. The smallest absolute Gasteiger partial charge is 0.238 e. The third-order valence-corrected chi connectivity index (χ3v) is 7.42. The Morgan fingerprint density at radius 1 is 1.12 bits per heavy atom. The van der Waals surface area contributed by atoms with Crippen molar-refractivity contribution in [2.75, 3.05) is 13.1 Å². The Labute approximate surface area is 197 Å². The van der Waals surface area contributed by atoms with E-state index in [0.717, 1.165) is 41.2 Å². The van der Waals surface area contributed by atoms with E-state index in [0.29, 0.717) is 38.0 Å². The van der Waals surface area contributed by atoms with Crippen molar-refractivity contribution < 1.29 is 17.6 Å². The highest BCUT2D eigenvalue weighted by Gasteiger charge is 2.27. The molecule has 0 aliphatic carbocycles. The number of para-hydroxylation sites is 2. The van der Waals surface area contributed by atoms with Crippen molar-refractivity contribution in [2.24, 2.45) is 5.14 Å². The summed E-state index contributed by atoms with van der Waals surface area (Å²) < 4.78 is 31.3. The van der Waals surface area contributed by atoms with Gasteiger partial charge in [-0.1, -0.05) is 12.1 Å². The van der Waals surface area contributed by atoms with Crippen LogP contribution in [0.25, 0.3) is 22.1 Å². The van der Waals surface area contributed by atoms with Crippen molar-refractivity contribution in [3.05, 3.63) is 54.2 Å². The number of imidazole rings is 1. The Kier molecular flexibility index (Phi) is 5.86. The number of fused-ring (bicyclic) bond motifs is 2. The van der Waals surface area contributed by atoms with E-state index in [2.05, 4.69) is 9.97 Å². The average Bonchev–Trinajstić information content (AvgIpc) is 3.42. The van der Waals surface area contributed by atoms with Crippen molar-refractivity contribution in [1.29, 1.82) is 0 Å². The molecular weight excluding hydrogens is 454 g/mol. The standard InChI is InChI=1S/C24H27N5O4S/c1-2-29-20-8-7-17(34(25,31)32)15-19(20)26-22(29)9-10-23(30)28-13-11-16(12-14-28)24-27-18-5-3-4-6-21(18)33-24/h3-8,15-16H,2,9-14H2,1H3,(H2,25,31,32). The van der Waals surface area contributed by atoms with Gasteiger partial charge in [0.2, 0.25) is 15.9 Å². The fraction of sp³-hybridized carbons (Fsp3) is 0.375. The largest absolute Gasteiger partial charge is 0.440 e. The van der Waals surface area contributed by atoms with Crippen molar-refractivity contribution in [2.45, 2.75) is 50.0 Å². The van der Waals surface area contributed by atoms with Gasteiger partial charge in [-0.15, -0.1) is 0 Å². The van der Waals surface area contributed by atoms with Gasteiger partial charge in [-0.25, -0.2) is 23.5 Å². The number of likely N-dealkylation sites (tertiary alicyclic amines) is 1. The minimum absolute atomic E-state index is 0.0326. The zero-order valence-corrected chi connectivity index (χ0v) is 19.8. The van der Waals surface area contributed by atoms with Crippen LogP contribution in [0.4, 0.5) is 0 Å². The van der Waals surface area contributed by atoms with Crippen molar-refractivity contribution in [3.8, 4) is 0 Å². The van der Waals surface area contributed by atoms with Gasteiger partial charge in [0.25, 0.3) is 0 Å². The molecule has 0 spiro atoms. The first kappa shape index (κ1) is 22.5. The molecule has 2 aromatic carbocycles. The fourth-order valence-electron chi connectivity index (χ4n) is 4.70. The number of aromatic nitrogens is 3. The molecule has 0 atom stereocenters. The molecule has 1 aliphatic rings. The van der Waals surface area contributed by atoms with E-state index >= 15 is 0 Å². The van der Waals surface area contributed by atoms with Crippen LogP contribution in [0.1, 0.15) is 43.8 Å². The van der Waals surface area contributed by atoms with Crippen LogP contribution >= 0.6 is 0 Å². The van der Waals surface area contributed by atoms with Gasteiger partial charge < -0.3 is 13.9 Å². The summed E-state index contributed by atoms with van der Waals surface area (Å²) in [5.74, 6) is 1.83. The summed E-state index contributed by atoms with van der Waals surface area (Å²) in [7, 11) is -3.80. The van der Waals surface area contributed by atoms with Gasteiger partial charge in [-0.2, -0.15) is 0 Å². The number of oxazole rings is 1. The van der Waals surface area contributed by atoms with Crippen LogP contribution < -0.4 is 5.14 Å². The SMILES string of the molecule is CCn1c(CCC(=O)N2CCC(c3nc4ccccc4o3)CC2)nc2cc(S(N)(=O)=O)ccc21. The van der Waals surface area contributed by atoms with Gasteiger partial charge in [0.1, 0.15) is 11.3 Å². The van der Waals surface area contributed by atoms with Crippen molar-refractivity contribution in [1.82, 2.24) is 19.4 Å². The molecule has 178 valence electrons. The number of nitrogens with two attached hydrogens (primary N) is 1. The van der Waals surface area contributed by atoms with E-state index in [1.807, 2.05) is 40.7 Å². The van der Waals surface area contributed by atoms with Crippen LogP contribution in [0.3, 0.4) is 0 Å². The minimum Gasteiger partial charge on any atom is -0.440 e. The summed E-state index contributed by atoms with van der Waals surface area (Å²) in [4.78, 5) is 24.1. The Hall–Kier alpha value is -3.24. The second-order valence-corrected chi connectivity index (χ2v) is 10.2. The Morgan fingerprint density at radius 3 is 2.59 bits per heavy atom. The number of hydrogen-bond acceptors (Lipinski definition) is 6. The van der Waals surface area contributed by atoms with E-state index in [1.54, 1.807) is 6.07 Å². The molecule has 0 saturated carbocycles. The van der Waals surface area contributed by atoms with Gasteiger partial charge in [0.05, 0.1) is 15.9 Å². The summed E-state index contributed by atoms with van der Waals surface area (Å²) in [5, 5.41) is 5.25. The molecule has 0 radical (unpaired) electrons. The van der Waals surface area contributed by atoms with E-state index in [-0.39, 0.29) is 16.7 Å². The predicted octanol–water partition coefficient (Wildman–Crippen LogP) is 3.18. The summed E-state index contributed by atoms with van der Waals surface area (Å²) >= 11 is 0. The Morgan fingerprint density at radius 2 is 1.88 bits per heavy atom. The van der Waals surface area contributed by atoms with Gasteiger partial charge in [0.15, 0.2) is 11.5 Å². The monoisotopic (exact) mass is 481 g/mol. The van der Waals surface area contributed by atoms with Gasteiger partial charge >= 0.3 is 0 Å². The molecule has 3 heterocycles. The predicted molar refractivity (Wildman–Crippen MR) is 128 cm³/mol. The number of piperidine rings is 1. The highest BCUT2D eigenvalue weighted by atomic mass is 32.2. The number of carbonyl (C=O) groups is 1. The lowest BCUT2D eigenvalue weighted by Crippen LogP contribution is -2.38. The fourth-order valence-corrected chi connectivity index (χ4v) is 5.23. The molecular formula is C24H27N5O4S. The molecule has 34 heavy (non-hydrogen) atoms. The first-order valence-corrected chi connectivity index (χ1v) is 13.0. The second kappa shape index (κ2) is 8.84. The first-order valence-electron chi connectivity index (χ1n) is 11.5. The third-order valence-electron chi connectivity index (χ3n) is 6.51. The summed E-state index contributed by atoms with van der Waals surface area (Å²) in [6.07, 6.45) is 2.47. The van der Waals surface area contributed by atoms with Crippen LogP contribution in [-0.4, -0.2) is 46.8 Å². The number of rotatable bonds is 6. The number of sulfonamides is 1. The van der Waals surface area contributed by atoms with E-state index < -0.39 is 10.0 Å². The molecule has 2 N–H and O–H groups in total. The first-order chi connectivity index (χ1) is 16.3. The van der Waals surface area contributed by atoms with Crippen LogP contribution in [0, 0.1) is 0 Å². The third kappa shape index (κ3) is 4.30. The Bertz CT molecular complexity index is 1430. The zero-order chi connectivity index (χ0) is 23.9. The minimum atomic E-state index is -3.80. The number of amides is 1. The van der Waals surface area contributed by atoms with Crippen LogP contribution in [-0.2, 0) is 27.8 Å². The van der Waals surface area contributed by atoms with Gasteiger partial charge in [-0.3, -0.25) is 4.79 Å². The summed E-state index contributed by atoms with van der Waals surface area (Å²) in [6.45, 7) is 4.01. The van der Waals surface area contributed by atoms with E-state index in [9.17, 15) is 13.2 Å². The van der Waals surface area contributed by atoms with Crippen molar-refractivity contribution >= 4 is 38.1 Å². The lowest BCUT2D eigenvalue weighted by Gasteiger charge is -2.30. The lowest BCUT2D eigenvalue weighted by molar-refractivity contribution is -0.132. The average molecular weight is 482 g/mol. The quantitative estimate of drug-likeness (QED) is 0.451. The molecule has 10 heteroatoms. The molecule has 4 aromatic rings. The molecule has 0 bridgehead atoms. The number of nitrogens with zero attached hydrogens (tertiary/aromatic N) is 4. The Balaban J connectivity index is 1.23. The van der Waals surface area contributed by atoms with Gasteiger partial charge in [0, 0.05) is 38.4 Å². The second-order valence-electron chi connectivity index (χ2n) is 8.64. The molecule has 1 fully saturated rings. The molecule has 1 saturated heterocycles. The molecule has 2 aromatic heterocycles. The number of benzene rings is 2. The molecule has 1 amide bonds. The lowest BCUT2D eigenvalue weighted by atomic mass is 9.96. The zero-order valence-electron chi connectivity index (χ0n) is 19.0. The van der Waals surface area contributed by atoms with E-state index in [4.69, 9.17) is 9.56 Å². The van der Waals surface area contributed by atoms with E-state index in [1.165, 1.54) is 12.1 Å².